The third-order valence-electron chi connectivity index (χ3n) is 12.9. The largest absolute Gasteiger partial charge is 0.416 e. The molecule has 2 saturated carbocycles. The molecule has 4 aromatic heterocycles. The minimum atomic E-state index is -4.33. The Hall–Kier alpha value is -5.66. The predicted molar refractivity (Wildman–Crippen MR) is 205 cm³/mol. The van der Waals surface area contributed by atoms with E-state index in [4.69, 9.17) is 0 Å². The zero-order valence-electron chi connectivity index (χ0n) is 31.2. The first-order valence-electron chi connectivity index (χ1n) is 19.6. The van der Waals surface area contributed by atoms with Gasteiger partial charge in [-0.3, -0.25) is 19.6 Å². The number of hydrogen-bond donors (Lipinski definition) is 2. The predicted octanol–water partition coefficient (Wildman–Crippen LogP) is 9.69. The van der Waals surface area contributed by atoms with Crippen molar-refractivity contribution in [3.63, 3.8) is 0 Å². The number of alkyl halides is 6. The van der Waals surface area contributed by atoms with E-state index in [1.807, 2.05) is 21.9 Å². The van der Waals surface area contributed by atoms with Crippen molar-refractivity contribution in [1.82, 2.24) is 29.7 Å². The van der Waals surface area contributed by atoms with Gasteiger partial charge in [-0.1, -0.05) is 36.4 Å². The maximum absolute atomic E-state index is 13.4. The van der Waals surface area contributed by atoms with E-state index in [9.17, 15) is 35.9 Å². The van der Waals surface area contributed by atoms with Gasteiger partial charge in [-0.25, -0.2) is 0 Å². The van der Waals surface area contributed by atoms with Crippen molar-refractivity contribution in [2.75, 3.05) is 26.2 Å². The molecule has 6 atom stereocenters. The molecule has 2 aliphatic carbocycles. The van der Waals surface area contributed by atoms with E-state index in [2.05, 4.69) is 19.9 Å². The molecule has 2 N–H and O–H groups in total. The molecule has 300 valence electrons. The van der Waals surface area contributed by atoms with Crippen LogP contribution in [0.1, 0.15) is 80.5 Å². The highest BCUT2D eigenvalue weighted by Gasteiger charge is 2.47. The number of H-pyrrole nitrogens is 2. The van der Waals surface area contributed by atoms with Crippen LogP contribution >= 0.6 is 0 Å². The number of fused-ring (bicyclic) bond motifs is 4. The minimum Gasteiger partial charge on any atom is -0.360 e. The van der Waals surface area contributed by atoms with Gasteiger partial charge < -0.3 is 19.8 Å². The van der Waals surface area contributed by atoms with Crippen LogP contribution in [0, 0.1) is 23.7 Å². The number of nitrogens with zero attached hydrogens (tertiary/aromatic N) is 4. The number of rotatable bonds is 4. The third kappa shape index (κ3) is 7.00. The number of aromatic nitrogens is 4. The fourth-order valence-electron chi connectivity index (χ4n) is 10.3. The smallest absolute Gasteiger partial charge is 0.360 e. The second-order valence-electron chi connectivity index (χ2n) is 16.2. The molecular formula is C44H40F6N6O2. The van der Waals surface area contributed by atoms with Crippen LogP contribution < -0.4 is 0 Å². The van der Waals surface area contributed by atoms with Crippen molar-refractivity contribution < 1.29 is 35.9 Å². The summed E-state index contributed by atoms with van der Waals surface area (Å²) in [5.41, 5.74) is 2.67. The Morgan fingerprint density at radius 3 is 1.48 bits per heavy atom. The molecule has 2 aliphatic heterocycles. The number of carbonyl (C=O) groups excluding carboxylic acids is 2. The molecular weight excluding hydrogens is 759 g/mol. The number of benzene rings is 2. The lowest BCUT2D eigenvalue weighted by atomic mass is 9.91. The number of aromatic amines is 2. The molecule has 4 fully saturated rings. The molecule has 2 aromatic carbocycles. The third-order valence-corrected chi connectivity index (χ3v) is 12.9. The Labute approximate surface area is 329 Å². The number of likely N-dealkylation sites (tertiary alicyclic amines) is 2. The van der Waals surface area contributed by atoms with Crippen LogP contribution in [0.3, 0.4) is 0 Å². The summed E-state index contributed by atoms with van der Waals surface area (Å²) in [5, 5.41) is 1.64. The van der Waals surface area contributed by atoms with E-state index >= 15 is 0 Å². The van der Waals surface area contributed by atoms with E-state index in [0.717, 1.165) is 21.8 Å². The molecule has 4 aliphatic rings. The molecule has 0 bridgehead atoms. The lowest BCUT2D eigenvalue weighted by Crippen LogP contribution is -2.29. The molecule has 2 amide bonds. The van der Waals surface area contributed by atoms with Crippen molar-refractivity contribution in [2.45, 2.75) is 49.9 Å². The molecule has 10 rings (SSSR count). The van der Waals surface area contributed by atoms with Crippen LogP contribution in [0.2, 0.25) is 0 Å². The van der Waals surface area contributed by atoms with E-state index in [1.165, 1.54) is 24.3 Å². The Morgan fingerprint density at radius 1 is 0.552 bits per heavy atom. The molecule has 8 nitrogen and oxygen atoms in total. The molecule has 0 spiro atoms. The summed E-state index contributed by atoms with van der Waals surface area (Å²) in [7, 11) is 0. The molecule has 6 heterocycles. The SMILES string of the molecule is O=C(c1c[nH]c2ccncc12)N1C[C@H]2CC(c3ccccc3C(F)(F)F)C[C@H]2C1.O=C(c1c[nH]c2cnccc12)N1C[C@H]2CC(c3ccccc3C(F)(F)F)C[C@H]2C1. The molecule has 14 heteroatoms. The normalized spacial score (nSPS) is 24.2. The van der Waals surface area contributed by atoms with Gasteiger partial charge in [0.2, 0.25) is 0 Å². The topological polar surface area (TPSA) is 98.0 Å². The summed E-state index contributed by atoms with van der Waals surface area (Å²) in [6, 6.07) is 15.5. The molecule has 2 unspecified atom stereocenters. The highest BCUT2D eigenvalue weighted by molar-refractivity contribution is 6.07. The number of amides is 2. The maximum atomic E-state index is 13.4. The van der Waals surface area contributed by atoms with Gasteiger partial charge in [0.25, 0.3) is 11.8 Å². The lowest BCUT2D eigenvalue weighted by molar-refractivity contribution is -0.139. The average molecular weight is 799 g/mol. The van der Waals surface area contributed by atoms with E-state index in [1.54, 1.807) is 61.4 Å². The van der Waals surface area contributed by atoms with Crippen molar-refractivity contribution in [3.8, 4) is 0 Å². The van der Waals surface area contributed by atoms with Crippen molar-refractivity contribution in [3.05, 3.63) is 131 Å². The number of nitrogens with one attached hydrogen (secondary N) is 2. The van der Waals surface area contributed by atoms with Gasteiger partial charge in [-0.2, -0.15) is 26.3 Å². The fourth-order valence-corrected chi connectivity index (χ4v) is 10.3. The minimum absolute atomic E-state index is 0.0240. The van der Waals surface area contributed by atoms with Crippen molar-refractivity contribution >= 4 is 33.6 Å². The Morgan fingerprint density at radius 2 is 0.983 bits per heavy atom. The summed E-state index contributed by atoms with van der Waals surface area (Å²) in [4.78, 5) is 44.1. The number of halogens is 6. The standard InChI is InChI=1S/2C22H20F3N3O/c23-22(24,25)19-4-2-1-3-16(19)13-7-14-11-28(12-15(14)8-13)21(29)18-10-27-20-5-6-26-9-17(18)20;23-22(24,25)19-4-2-1-3-16(19)13-7-14-11-28(12-15(14)8-13)21(29)18-9-27-20-10-26-6-5-17(18)20/h2*1-6,9-10,13-15,27H,7-8,11-12H2/t2*13?,14-,15+. The number of carbonyl (C=O) groups is 2. The van der Waals surface area contributed by atoms with Gasteiger partial charge in [0.1, 0.15) is 0 Å². The number of pyridine rings is 2. The van der Waals surface area contributed by atoms with Crippen molar-refractivity contribution in [2.24, 2.45) is 23.7 Å². The van der Waals surface area contributed by atoms with E-state index < -0.39 is 23.5 Å². The monoisotopic (exact) mass is 798 g/mol. The van der Waals surface area contributed by atoms with Gasteiger partial charge in [-0.05, 0) is 96.6 Å². The zero-order valence-corrected chi connectivity index (χ0v) is 31.2. The quantitative estimate of drug-likeness (QED) is 0.174. The van der Waals surface area contributed by atoms with Crippen LogP contribution in [0.5, 0.6) is 0 Å². The summed E-state index contributed by atoms with van der Waals surface area (Å²) in [6.45, 7) is 2.40. The first-order chi connectivity index (χ1) is 27.8. The molecule has 2 saturated heterocycles. The second kappa shape index (κ2) is 14.6. The Balaban J connectivity index is 0.000000150. The van der Waals surface area contributed by atoms with Crippen molar-refractivity contribution in [1.29, 1.82) is 0 Å². The van der Waals surface area contributed by atoms with Crippen LogP contribution in [0.15, 0.2) is 97.8 Å². The van der Waals surface area contributed by atoms with Crippen LogP contribution in [-0.2, 0) is 12.4 Å². The lowest BCUT2D eigenvalue weighted by Gasteiger charge is -2.21. The van der Waals surface area contributed by atoms with Crippen LogP contribution in [-0.4, -0.2) is 67.7 Å². The maximum Gasteiger partial charge on any atom is 0.416 e. The highest BCUT2D eigenvalue weighted by atomic mass is 19.4. The first kappa shape index (κ1) is 37.9. The summed E-state index contributed by atoms with van der Waals surface area (Å²) < 4.78 is 80.3. The molecule has 58 heavy (non-hydrogen) atoms. The van der Waals surface area contributed by atoms with E-state index in [0.29, 0.717) is 74.1 Å². The van der Waals surface area contributed by atoms with Gasteiger partial charge in [0.15, 0.2) is 0 Å². The van der Waals surface area contributed by atoms with Gasteiger partial charge >= 0.3 is 12.4 Å². The fraction of sp³-hybridized carbons (Fsp3) is 0.364. The van der Waals surface area contributed by atoms with E-state index in [-0.39, 0.29) is 47.3 Å². The Bertz CT molecular complexity index is 2290. The average Bonchev–Trinajstić information content (AvgIpc) is 4.06. The highest BCUT2D eigenvalue weighted by Crippen LogP contribution is 2.50. The second-order valence-corrected chi connectivity index (χ2v) is 16.2. The zero-order chi connectivity index (χ0) is 40.3. The summed E-state index contributed by atoms with van der Waals surface area (Å²) in [5.74, 6) is 0.725. The van der Waals surface area contributed by atoms with Gasteiger partial charge in [0, 0.05) is 73.5 Å². The molecule has 0 radical (unpaired) electrons. The van der Waals surface area contributed by atoms with Crippen LogP contribution in [0.25, 0.3) is 21.8 Å². The number of hydrogen-bond acceptors (Lipinski definition) is 4. The van der Waals surface area contributed by atoms with Gasteiger partial charge in [0.05, 0.1) is 34.0 Å². The molecule has 6 aromatic rings. The van der Waals surface area contributed by atoms with Crippen LogP contribution in [0.4, 0.5) is 26.3 Å². The summed E-state index contributed by atoms with van der Waals surface area (Å²) in [6.07, 6.45) is 4.23. The first-order valence-corrected chi connectivity index (χ1v) is 19.6. The Kier molecular flexibility index (Phi) is 9.55. The van der Waals surface area contributed by atoms with Gasteiger partial charge in [-0.15, -0.1) is 0 Å². The summed E-state index contributed by atoms with van der Waals surface area (Å²) >= 11 is 0.